The Morgan fingerprint density at radius 2 is 2.60 bits per heavy atom. The molecule has 0 aromatic carbocycles. The Bertz CT molecular complexity index is 264. The van der Waals surface area contributed by atoms with Crippen LogP contribution in [-0.2, 0) is 0 Å². The fourth-order valence-electron chi connectivity index (χ4n) is 0.554. The van der Waals surface area contributed by atoms with Gasteiger partial charge in [0.25, 0.3) is 0 Å². The van der Waals surface area contributed by atoms with Gasteiger partial charge in [0.15, 0.2) is 5.69 Å². The van der Waals surface area contributed by atoms with Crippen molar-refractivity contribution in [3.05, 3.63) is 24.5 Å². The second kappa shape index (κ2) is 2.34. The first kappa shape index (κ1) is 6.54. The van der Waals surface area contributed by atoms with Crippen LogP contribution in [0.1, 0.15) is 10.5 Å². The number of carboxylic acid groups (broad SMARTS) is 1. The predicted molar refractivity (Wildman–Crippen MR) is 35.6 cm³/mol. The zero-order valence-electron chi connectivity index (χ0n) is 5.19. The molecule has 0 atom stereocenters. The quantitative estimate of drug-likeness (QED) is 0.653. The highest BCUT2D eigenvalue weighted by atomic mass is 16.4. The van der Waals surface area contributed by atoms with E-state index in [1.54, 1.807) is 0 Å². The molecule has 0 radical (unpaired) electrons. The van der Waals surface area contributed by atoms with E-state index in [2.05, 4.69) is 11.7 Å². The number of nitrogens with zero attached hydrogens (tertiary/aromatic N) is 2. The predicted octanol–water partition coefficient (Wildman–Crippen LogP) is 0.682. The SMILES string of the molecule is C=Cn1ccc(C(=O)O)n1. The Hall–Kier alpha value is -1.58. The van der Waals surface area contributed by atoms with Crippen LogP contribution < -0.4 is 0 Å². The topological polar surface area (TPSA) is 55.1 Å². The highest BCUT2D eigenvalue weighted by molar-refractivity contribution is 5.85. The molecule has 0 fully saturated rings. The maximum absolute atomic E-state index is 10.2. The maximum atomic E-state index is 10.2. The molecule has 52 valence electrons. The lowest BCUT2D eigenvalue weighted by atomic mass is 10.5. The Morgan fingerprint density at radius 1 is 1.90 bits per heavy atom. The monoisotopic (exact) mass is 138 g/mol. The summed E-state index contributed by atoms with van der Waals surface area (Å²) in [4.78, 5) is 10.2. The second-order valence-corrected chi connectivity index (χ2v) is 1.67. The lowest BCUT2D eigenvalue weighted by Gasteiger charge is -1.84. The molecular formula is C6H6N2O2. The summed E-state index contributed by atoms with van der Waals surface area (Å²) in [6.07, 6.45) is 2.95. The third kappa shape index (κ3) is 1.05. The first-order valence-electron chi connectivity index (χ1n) is 2.65. The highest BCUT2D eigenvalue weighted by Gasteiger charge is 2.03. The molecular weight excluding hydrogens is 132 g/mol. The Balaban J connectivity index is 2.98. The van der Waals surface area contributed by atoms with Crippen molar-refractivity contribution in [2.75, 3.05) is 0 Å². The van der Waals surface area contributed by atoms with Gasteiger partial charge >= 0.3 is 5.97 Å². The van der Waals surface area contributed by atoms with Gasteiger partial charge in [-0.3, -0.25) is 0 Å². The van der Waals surface area contributed by atoms with Gasteiger partial charge in [-0.05, 0) is 6.07 Å². The van der Waals surface area contributed by atoms with Crippen molar-refractivity contribution in [1.82, 2.24) is 9.78 Å². The summed E-state index contributed by atoms with van der Waals surface area (Å²) in [5.74, 6) is -1.03. The third-order valence-corrected chi connectivity index (χ3v) is 1.01. The van der Waals surface area contributed by atoms with Crippen molar-refractivity contribution >= 4 is 12.2 Å². The minimum absolute atomic E-state index is 0.0277. The Kier molecular flexibility index (Phi) is 1.53. The van der Waals surface area contributed by atoms with Crippen LogP contribution in [0.2, 0.25) is 0 Å². The molecule has 0 spiro atoms. The summed E-state index contributed by atoms with van der Waals surface area (Å²) >= 11 is 0. The van der Waals surface area contributed by atoms with Crippen LogP contribution in [-0.4, -0.2) is 20.9 Å². The molecule has 1 rings (SSSR count). The lowest BCUT2D eigenvalue weighted by molar-refractivity contribution is 0.0690. The fourth-order valence-corrected chi connectivity index (χ4v) is 0.554. The van der Waals surface area contributed by atoms with E-state index in [4.69, 9.17) is 5.11 Å². The smallest absolute Gasteiger partial charge is 0.356 e. The van der Waals surface area contributed by atoms with Crippen LogP contribution in [0, 0.1) is 0 Å². The van der Waals surface area contributed by atoms with Gasteiger partial charge in [-0.2, -0.15) is 5.10 Å². The lowest BCUT2D eigenvalue weighted by Crippen LogP contribution is -1.97. The molecule has 1 heterocycles. The summed E-state index contributed by atoms with van der Waals surface area (Å²) in [5, 5.41) is 12.0. The van der Waals surface area contributed by atoms with Gasteiger partial charge in [0.05, 0.1) is 0 Å². The number of aromatic carboxylic acids is 1. The highest BCUT2D eigenvalue weighted by Crippen LogP contribution is 1.94. The minimum Gasteiger partial charge on any atom is -0.476 e. The first-order valence-corrected chi connectivity index (χ1v) is 2.65. The van der Waals surface area contributed by atoms with Crippen molar-refractivity contribution in [2.24, 2.45) is 0 Å². The molecule has 4 heteroatoms. The van der Waals surface area contributed by atoms with Crippen molar-refractivity contribution in [2.45, 2.75) is 0 Å². The molecule has 0 unspecified atom stereocenters. The number of rotatable bonds is 2. The summed E-state index contributed by atoms with van der Waals surface area (Å²) < 4.78 is 1.34. The van der Waals surface area contributed by atoms with Crippen LogP contribution in [0.25, 0.3) is 6.20 Å². The molecule has 1 aromatic heterocycles. The van der Waals surface area contributed by atoms with E-state index in [0.717, 1.165) is 0 Å². The average molecular weight is 138 g/mol. The molecule has 0 aliphatic heterocycles. The molecule has 10 heavy (non-hydrogen) atoms. The van der Waals surface area contributed by atoms with Crippen molar-refractivity contribution in [1.29, 1.82) is 0 Å². The van der Waals surface area contributed by atoms with Gasteiger partial charge in [-0.1, -0.05) is 6.58 Å². The standard InChI is InChI=1S/C6H6N2O2/c1-2-8-4-3-5(7-8)6(9)10/h2-4H,1H2,(H,9,10). The van der Waals surface area contributed by atoms with E-state index in [9.17, 15) is 4.79 Å². The Labute approximate surface area is 57.4 Å². The third-order valence-electron chi connectivity index (χ3n) is 1.01. The summed E-state index contributed by atoms with van der Waals surface area (Å²) in [6, 6.07) is 1.41. The van der Waals surface area contributed by atoms with Gasteiger partial charge in [0.2, 0.25) is 0 Å². The van der Waals surface area contributed by atoms with Crippen LogP contribution in [0.4, 0.5) is 0 Å². The summed E-state index contributed by atoms with van der Waals surface area (Å²) in [6.45, 7) is 3.41. The van der Waals surface area contributed by atoms with E-state index < -0.39 is 5.97 Å². The van der Waals surface area contributed by atoms with Gasteiger partial charge in [0, 0.05) is 12.4 Å². The van der Waals surface area contributed by atoms with E-state index in [1.165, 1.54) is 23.1 Å². The van der Waals surface area contributed by atoms with Crippen molar-refractivity contribution in [3.63, 3.8) is 0 Å². The molecule has 4 nitrogen and oxygen atoms in total. The van der Waals surface area contributed by atoms with E-state index in [-0.39, 0.29) is 5.69 Å². The normalized spacial score (nSPS) is 9.20. The van der Waals surface area contributed by atoms with Crippen molar-refractivity contribution < 1.29 is 9.90 Å². The number of carbonyl (C=O) groups is 1. The van der Waals surface area contributed by atoms with Gasteiger partial charge in [-0.15, -0.1) is 0 Å². The maximum Gasteiger partial charge on any atom is 0.356 e. The van der Waals surface area contributed by atoms with Gasteiger partial charge in [-0.25, -0.2) is 9.48 Å². The largest absolute Gasteiger partial charge is 0.476 e. The second-order valence-electron chi connectivity index (χ2n) is 1.67. The van der Waals surface area contributed by atoms with Crippen LogP contribution in [0.5, 0.6) is 0 Å². The first-order chi connectivity index (χ1) is 4.74. The van der Waals surface area contributed by atoms with E-state index in [1.807, 2.05) is 0 Å². The van der Waals surface area contributed by atoms with Gasteiger partial charge < -0.3 is 5.11 Å². The zero-order chi connectivity index (χ0) is 7.56. The molecule has 0 saturated heterocycles. The minimum atomic E-state index is -1.03. The van der Waals surface area contributed by atoms with E-state index in [0.29, 0.717) is 0 Å². The molecule has 0 bridgehead atoms. The number of aromatic nitrogens is 2. The molecule has 0 amide bonds. The van der Waals surface area contributed by atoms with E-state index >= 15 is 0 Å². The molecule has 0 aliphatic carbocycles. The van der Waals surface area contributed by atoms with Gasteiger partial charge in [0.1, 0.15) is 0 Å². The van der Waals surface area contributed by atoms with Crippen LogP contribution in [0.3, 0.4) is 0 Å². The zero-order valence-corrected chi connectivity index (χ0v) is 5.19. The Morgan fingerprint density at radius 3 is 2.90 bits per heavy atom. The molecule has 0 aliphatic rings. The fraction of sp³-hybridized carbons (Fsp3) is 0. The number of hydrogen-bond donors (Lipinski definition) is 1. The van der Waals surface area contributed by atoms with Crippen molar-refractivity contribution in [3.8, 4) is 0 Å². The summed E-state index contributed by atoms with van der Waals surface area (Å²) in [7, 11) is 0. The number of hydrogen-bond acceptors (Lipinski definition) is 2. The van der Waals surface area contributed by atoms with Crippen LogP contribution in [0.15, 0.2) is 18.8 Å². The van der Waals surface area contributed by atoms with Crippen LogP contribution >= 0.6 is 0 Å². The number of carboxylic acids is 1. The molecule has 0 saturated carbocycles. The molecule has 1 N–H and O–H groups in total. The molecule has 1 aromatic rings. The average Bonchev–Trinajstić information content (AvgIpc) is 2.34. The summed E-state index contributed by atoms with van der Waals surface area (Å²) in [5.41, 5.74) is 0.0277.